The predicted molar refractivity (Wildman–Crippen MR) is 98.3 cm³/mol. The lowest BCUT2D eigenvalue weighted by Crippen LogP contribution is -2.26. The minimum Gasteiger partial charge on any atom is -0.356 e. The minimum absolute atomic E-state index is 0.0279. The topological polar surface area (TPSA) is 116 Å². The smallest absolute Gasteiger partial charge is 0.225 e. The highest BCUT2D eigenvalue weighted by atomic mass is 16.2. The summed E-state index contributed by atoms with van der Waals surface area (Å²) in [5, 5.41) is 5.84. The van der Waals surface area contributed by atoms with Crippen LogP contribution < -0.4 is 10.6 Å². The number of rotatable bonds is 13. The Hall–Kier alpha value is -2.64. The number of H-pyrrole nitrogens is 2. The van der Waals surface area contributed by atoms with Gasteiger partial charge in [-0.25, -0.2) is 9.97 Å². The van der Waals surface area contributed by atoms with Crippen LogP contribution in [0.25, 0.3) is 0 Å². The largest absolute Gasteiger partial charge is 0.356 e. The molecule has 2 aromatic heterocycles. The fourth-order valence-corrected chi connectivity index (χ4v) is 2.65. The molecule has 8 nitrogen and oxygen atoms in total. The van der Waals surface area contributed by atoms with Gasteiger partial charge in [-0.15, -0.1) is 0 Å². The molecule has 0 bridgehead atoms. The second-order valence-corrected chi connectivity index (χ2v) is 6.33. The summed E-state index contributed by atoms with van der Waals surface area (Å²) in [6.45, 7) is 1.44. The Bertz CT molecular complexity index is 568. The van der Waals surface area contributed by atoms with Crippen molar-refractivity contribution in [2.45, 2.75) is 51.4 Å². The Labute approximate surface area is 153 Å². The molecule has 0 saturated carbocycles. The van der Waals surface area contributed by atoms with Crippen molar-refractivity contribution in [1.29, 1.82) is 0 Å². The molecule has 4 N–H and O–H groups in total. The zero-order valence-corrected chi connectivity index (χ0v) is 15.1. The number of hydrogen-bond donors (Lipinski definition) is 4. The highest BCUT2D eigenvalue weighted by Gasteiger charge is 2.04. The van der Waals surface area contributed by atoms with Gasteiger partial charge in [-0.05, 0) is 12.8 Å². The number of amides is 2. The van der Waals surface area contributed by atoms with Crippen LogP contribution in [0.15, 0.2) is 25.0 Å². The summed E-state index contributed by atoms with van der Waals surface area (Å²) in [5.74, 6) is 0.0558. The fraction of sp³-hybridized carbons (Fsp3) is 0.556. The first-order valence-electron chi connectivity index (χ1n) is 9.22. The summed E-state index contributed by atoms with van der Waals surface area (Å²) in [4.78, 5) is 37.0. The molecule has 2 aromatic rings. The molecule has 8 heteroatoms. The summed E-state index contributed by atoms with van der Waals surface area (Å²) in [6, 6.07) is 0. The van der Waals surface area contributed by atoms with Crippen molar-refractivity contribution >= 4 is 11.8 Å². The van der Waals surface area contributed by atoms with E-state index >= 15 is 0 Å². The quantitative estimate of drug-likeness (QED) is 0.405. The second-order valence-electron chi connectivity index (χ2n) is 6.33. The first kappa shape index (κ1) is 19.7. The van der Waals surface area contributed by atoms with E-state index < -0.39 is 0 Å². The van der Waals surface area contributed by atoms with E-state index in [-0.39, 0.29) is 11.8 Å². The maximum atomic E-state index is 11.7. The second kappa shape index (κ2) is 11.8. The van der Waals surface area contributed by atoms with Crippen molar-refractivity contribution in [3.05, 3.63) is 36.4 Å². The van der Waals surface area contributed by atoms with Crippen molar-refractivity contribution < 1.29 is 9.59 Å². The number of carbonyl (C=O) groups is 2. The Morgan fingerprint density at radius 2 is 1.15 bits per heavy atom. The molecule has 142 valence electrons. The van der Waals surface area contributed by atoms with Crippen LogP contribution in [-0.2, 0) is 22.4 Å². The van der Waals surface area contributed by atoms with Crippen molar-refractivity contribution in [2.75, 3.05) is 13.1 Å². The number of unbranched alkanes of at least 4 members (excludes halogenated alkanes) is 5. The van der Waals surface area contributed by atoms with Crippen molar-refractivity contribution in [3.8, 4) is 0 Å². The van der Waals surface area contributed by atoms with Crippen molar-refractivity contribution in [2.24, 2.45) is 0 Å². The van der Waals surface area contributed by atoms with Gasteiger partial charge in [-0.2, -0.15) is 0 Å². The Morgan fingerprint density at radius 1 is 0.731 bits per heavy atom. The molecule has 0 aliphatic heterocycles. The highest BCUT2D eigenvalue weighted by Crippen LogP contribution is 2.04. The van der Waals surface area contributed by atoms with Gasteiger partial charge >= 0.3 is 0 Å². The summed E-state index contributed by atoms with van der Waals surface area (Å²) in [6.07, 6.45) is 13.7. The van der Waals surface area contributed by atoms with E-state index in [1.54, 1.807) is 25.0 Å². The van der Waals surface area contributed by atoms with E-state index in [0.29, 0.717) is 12.8 Å². The third-order valence-corrected chi connectivity index (χ3v) is 4.06. The van der Waals surface area contributed by atoms with Gasteiger partial charge < -0.3 is 20.6 Å². The van der Waals surface area contributed by atoms with Gasteiger partial charge in [0.25, 0.3) is 0 Å². The van der Waals surface area contributed by atoms with Gasteiger partial charge in [0.15, 0.2) is 0 Å². The van der Waals surface area contributed by atoms with Crippen molar-refractivity contribution in [3.63, 3.8) is 0 Å². The normalized spacial score (nSPS) is 10.6. The molecule has 0 atom stereocenters. The number of nitrogens with one attached hydrogen (secondary N) is 4. The summed E-state index contributed by atoms with van der Waals surface area (Å²) >= 11 is 0. The maximum Gasteiger partial charge on any atom is 0.225 e. The minimum atomic E-state index is 0.0279. The predicted octanol–water partition coefficient (Wildman–Crippen LogP) is 1.49. The standard InChI is InChI=1S/C18H28N6O2/c25-17(9-15-11-19-13-23-15)21-7-5-3-1-2-4-6-8-22-18(26)10-16-12-20-14-24-16/h11-14H,1-10H2,(H,19,23)(H,20,24)(H,21,25)(H,22,26). The maximum absolute atomic E-state index is 11.7. The SMILES string of the molecule is O=C(Cc1cnc[nH]1)NCCCCCCCCNC(=O)Cc1cnc[nH]1. The molecule has 0 aliphatic rings. The van der Waals surface area contributed by atoms with Gasteiger partial charge in [0, 0.05) is 36.9 Å². The number of aromatic amines is 2. The monoisotopic (exact) mass is 360 g/mol. The van der Waals surface area contributed by atoms with Crippen LogP contribution in [0.4, 0.5) is 0 Å². The van der Waals surface area contributed by atoms with E-state index in [0.717, 1.165) is 63.0 Å². The summed E-state index contributed by atoms with van der Waals surface area (Å²) < 4.78 is 0. The van der Waals surface area contributed by atoms with Gasteiger partial charge in [0.1, 0.15) is 0 Å². The zero-order valence-electron chi connectivity index (χ0n) is 15.1. The molecule has 2 rings (SSSR count). The fourth-order valence-electron chi connectivity index (χ4n) is 2.65. The van der Waals surface area contributed by atoms with Gasteiger partial charge in [-0.3, -0.25) is 9.59 Å². The molecule has 2 amide bonds. The van der Waals surface area contributed by atoms with Crippen LogP contribution in [0.5, 0.6) is 0 Å². The highest BCUT2D eigenvalue weighted by molar-refractivity contribution is 5.78. The van der Waals surface area contributed by atoms with Crippen LogP contribution >= 0.6 is 0 Å². The van der Waals surface area contributed by atoms with Crippen LogP contribution in [0.1, 0.15) is 49.9 Å². The van der Waals surface area contributed by atoms with Crippen LogP contribution in [0.3, 0.4) is 0 Å². The van der Waals surface area contributed by atoms with Crippen molar-refractivity contribution in [1.82, 2.24) is 30.6 Å². The van der Waals surface area contributed by atoms with Crippen LogP contribution in [0.2, 0.25) is 0 Å². The van der Waals surface area contributed by atoms with E-state index in [4.69, 9.17) is 0 Å². The van der Waals surface area contributed by atoms with E-state index in [2.05, 4.69) is 30.6 Å². The molecule has 0 fully saturated rings. The number of carbonyl (C=O) groups excluding carboxylic acids is 2. The molecular formula is C18H28N6O2. The number of imidazole rings is 2. The van der Waals surface area contributed by atoms with Crippen LogP contribution in [-0.4, -0.2) is 44.8 Å². The van der Waals surface area contributed by atoms with Gasteiger partial charge in [0.2, 0.25) is 11.8 Å². The first-order valence-corrected chi connectivity index (χ1v) is 9.22. The molecule has 0 spiro atoms. The molecule has 2 heterocycles. The summed E-state index contributed by atoms with van der Waals surface area (Å²) in [5.41, 5.74) is 1.67. The molecule has 0 radical (unpaired) electrons. The Morgan fingerprint density at radius 3 is 1.54 bits per heavy atom. The molecule has 0 unspecified atom stereocenters. The molecule has 0 aliphatic carbocycles. The average molecular weight is 360 g/mol. The first-order chi connectivity index (χ1) is 12.7. The molecule has 0 aromatic carbocycles. The lowest BCUT2D eigenvalue weighted by molar-refractivity contribution is -0.121. The average Bonchev–Trinajstić information content (AvgIpc) is 3.30. The molecule has 26 heavy (non-hydrogen) atoms. The Balaban J connectivity index is 1.34. The molecular weight excluding hydrogens is 332 g/mol. The number of nitrogens with zero attached hydrogens (tertiary/aromatic N) is 2. The lowest BCUT2D eigenvalue weighted by atomic mass is 10.1. The zero-order chi connectivity index (χ0) is 18.5. The van der Waals surface area contributed by atoms with E-state index in [1.165, 1.54) is 0 Å². The lowest BCUT2D eigenvalue weighted by Gasteiger charge is -2.06. The van der Waals surface area contributed by atoms with Gasteiger partial charge in [0.05, 0.1) is 25.5 Å². The number of hydrogen-bond acceptors (Lipinski definition) is 4. The van der Waals surface area contributed by atoms with Crippen LogP contribution in [0, 0.1) is 0 Å². The Kier molecular flexibility index (Phi) is 8.96. The van der Waals surface area contributed by atoms with Gasteiger partial charge in [-0.1, -0.05) is 25.7 Å². The third-order valence-electron chi connectivity index (χ3n) is 4.06. The third kappa shape index (κ3) is 8.46. The number of aromatic nitrogens is 4. The van der Waals surface area contributed by atoms with E-state index in [9.17, 15) is 9.59 Å². The molecule has 0 saturated heterocycles. The summed E-state index contributed by atoms with van der Waals surface area (Å²) in [7, 11) is 0. The van der Waals surface area contributed by atoms with E-state index in [1.807, 2.05) is 0 Å².